The maximum atomic E-state index is 11.9. The van der Waals surface area contributed by atoms with E-state index in [9.17, 15) is 9.59 Å². The smallest absolute Gasteiger partial charge is 0.248 e. The molecule has 0 aromatic heterocycles. The highest BCUT2D eigenvalue weighted by Gasteiger charge is 2.38. The zero-order chi connectivity index (χ0) is 12.2. The summed E-state index contributed by atoms with van der Waals surface area (Å²) in [5.41, 5.74) is -0.777. The van der Waals surface area contributed by atoms with Gasteiger partial charge in [-0.1, -0.05) is 0 Å². The number of carbonyl (C=O) groups excluding carboxylic acids is 2. The molecule has 92 valence electrons. The SMILES string of the molecule is CCOCCCN1CC(=O)NC(C)(C)C1=O. The second kappa shape index (κ2) is 5.30. The molecule has 1 saturated heterocycles. The van der Waals surface area contributed by atoms with Crippen LogP contribution in [0.2, 0.25) is 0 Å². The minimum Gasteiger partial charge on any atom is -0.382 e. The molecule has 0 atom stereocenters. The van der Waals surface area contributed by atoms with Gasteiger partial charge in [0.05, 0.1) is 6.54 Å². The van der Waals surface area contributed by atoms with E-state index in [1.165, 1.54) is 0 Å². The van der Waals surface area contributed by atoms with Crippen molar-refractivity contribution in [2.24, 2.45) is 0 Å². The van der Waals surface area contributed by atoms with Crippen molar-refractivity contribution in [3.05, 3.63) is 0 Å². The number of carbonyl (C=O) groups is 2. The Hall–Kier alpha value is -1.10. The standard InChI is InChI=1S/C11H20N2O3/c1-4-16-7-5-6-13-8-9(14)12-11(2,3)10(13)15/h4-8H2,1-3H3,(H,12,14). The Balaban J connectivity index is 2.45. The van der Waals surface area contributed by atoms with Crippen molar-refractivity contribution >= 4 is 11.8 Å². The molecular formula is C11H20N2O3. The van der Waals surface area contributed by atoms with Crippen molar-refractivity contribution in [2.45, 2.75) is 32.7 Å². The predicted molar refractivity (Wildman–Crippen MR) is 59.9 cm³/mol. The molecule has 2 amide bonds. The molecule has 1 aliphatic rings. The molecule has 0 radical (unpaired) electrons. The fourth-order valence-corrected chi connectivity index (χ4v) is 1.76. The van der Waals surface area contributed by atoms with Crippen LogP contribution in [0.15, 0.2) is 0 Å². The zero-order valence-corrected chi connectivity index (χ0v) is 10.2. The van der Waals surface area contributed by atoms with Crippen LogP contribution < -0.4 is 5.32 Å². The van der Waals surface area contributed by atoms with Crippen LogP contribution in [-0.2, 0) is 14.3 Å². The molecule has 1 heterocycles. The predicted octanol–water partition coefficient (Wildman–Crippen LogP) is 0.150. The highest BCUT2D eigenvalue weighted by Crippen LogP contribution is 2.13. The summed E-state index contributed by atoms with van der Waals surface area (Å²) in [4.78, 5) is 24.9. The molecule has 0 bridgehead atoms. The number of amides is 2. The van der Waals surface area contributed by atoms with Gasteiger partial charge in [-0.25, -0.2) is 0 Å². The second-order valence-corrected chi connectivity index (χ2v) is 4.45. The maximum Gasteiger partial charge on any atom is 0.248 e. The first-order valence-corrected chi connectivity index (χ1v) is 5.65. The van der Waals surface area contributed by atoms with E-state index in [0.717, 1.165) is 6.42 Å². The fourth-order valence-electron chi connectivity index (χ4n) is 1.76. The van der Waals surface area contributed by atoms with Crippen LogP contribution >= 0.6 is 0 Å². The molecule has 0 unspecified atom stereocenters. The Morgan fingerprint density at radius 1 is 1.44 bits per heavy atom. The molecule has 0 aromatic rings. The molecule has 0 aliphatic carbocycles. The minimum absolute atomic E-state index is 0.0244. The Kier molecular flexibility index (Phi) is 4.29. The first-order chi connectivity index (χ1) is 7.47. The van der Waals surface area contributed by atoms with Gasteiger partial charge in [-0.15, -0.1) is 0 Å². The quantitative estimate of drug-likeness (QED) is 0.681. The third-order valence-electron chi connectivity index (χ3n) is 2.53. The highest BCUT2D eigenvalue weighted by molar-refractivity contribution is 5.97. The van der Waals surface area contributed by atoms with Crippen molar-refractivity contribution in [1.29, 1.82) is 0 Å². The minimum atomic E-state index is -0.777. The van der Waals surface area contributed by atoms with Crippen LogP contribution in [0.4, 0.5) is 0 Å². The van der Waals surface area contributed by atoms with Gasteiger partial charge in [0.1, 0.15) is 5.54 Å². The van der Waals surface area contributed by atoms with Crippen LogP contribution in [0.5, 0.6) is 0 Å². The monoisotopic (exact) mass is 228 g/mol. The van der Waals surface area contributed by atoms with E-state index in [1.807, 2.05) is 6.92 Å². The van der Waals surface area contributed by atoms with Crippen molar-refractivity contribution in [1.82, 2.24) is 10.2 Å². The summed E-state index contributed by atoms with van der Waals surface area (Å²) >= 11 is 0. The lowest BCUT2D eigenvalue weighted by molar-refractivity contribution is -0.148. The summed E-state index contributed by atoms with van der Waals surface area (Å²) in [5, 5.41) is 2.68. The number of ether oxygens (including phenoxy) is 1. The molecule has 1 aliphatic heterocycles. The molecular weight excluding hydrogens is 208 g/mol. The first-order valence-electron chi connectivity index (χ1n) is 5.65. The van der Waals surface area contributed by atoms with E-state index in [0.29, 0.717) is 19.8 Å². The van der Waals surface area contributed by atoms with Gasteiger partial charge in [0.25, 0.3) is 0 Å². The van der Waals surface area contributed by atoms with E-state index in [2.05, 4.69) is 5.32 Å². The molecule has 16 heavy (non-hydrogen) atoms. The summed E-state index contributed by atoms with van der Waals surface area (Å²) in [7, 11) is 0. The van der Waals surface area contributed by atoms with Crippen LogP contribution in [-0.4, -0.2) is 48.6 Å². The van der Waals surface area contributed by atoms with Crippen LogP contribution in [0.3, 0.4) is 0 Å². The molecule has 0 aromatic carbocycles. The van der Waals surface area contributed by atoms with Gasteiger partial charge >= 0.3 is 0 Å². The van der Waals surface area contributed by atoms with E-state index >= 15 is 0 Å². The molecule has 1 rings (SSSR count). The summed E-state index contributed by atoms with van der Waals surface area (Å²) < 4.78 is 5.20. The summed E-state index contributed by atoms with van der Waals surface area (Å²) in [5.74, 6) is -0.121. The Morgan fingerprint density at radius 2 is 2.12 bits per heavy atom. The van der Waals surface area contributed by atoms with Gasteiger partial charge < -0.3 is 15.0 Å². The van der Waals surface area contributed by atoms with Crippen molar-refractivity contribution in [3.8, 4) is 0 Å². The molecule has 1 N–H and O–H groups in total. The van der Waals surface area contributed by atoms with Gasteiger partial charge in [-0.2, -0.15) is 0 Å². The number of hydrogen-bond acceptors (Lipinski definition) is 3. The van der Waals surface area contributed by atoms with Crippen molar-refractivity contribution in [3.63, 3.8) is 0 Å². The molecule has 5 nitrogen and oxygen atoms in total. The summed E-state index contributed by atoms with van der Waals surface area (Å²) in [6, 6.07) is 0. The van der Waals surface area contributed by atoms with Gasteiger partial charge in [0.2, 0.25) is 11.8 Å². The van der Waals surface area contributed by atoms with Gasteiger partial charge in [0, 0.05) is 19.8 Å². The molecule has 1 fully saturated rings. The van der Waals surface area contributed by atoms with Crippen molar-refractivity contribution in [2.75, 3.05) is 26.3 Å². The normalized spacial score (nSPS) is 19.8. The second-order valence-electron chi connectivity index (χ2n) is 4.45. The number of nitrogens with zero attached hydrogens (tertiary/aromatic N) is 1. The summed E-state index contributed by atoms with van der Waals surface area (Å²) in [6.07, 6.45) is 0.767. The van der Waals surface area contributed by atoms with E-state index < -0.39 is 5.54 Å². The van der Waals surface area contributed by atoms with Crippen LogP contribution in [0.1, 0.15) is 27.2 Å². The number of nitrogens with one attached hydrogen (secondary N) is 1. The van der Waals surface area contributed by atoms with Gasteiger partial charge in [-0.3, -0.25) is 9.59 Å². The Morgan fingerprint density at radius 3 is 2.75 bits per heavy atom. The fraction of sp³-hybridized carbons (Fsp3) is 0.818. The summed E-state index contributed by atoms with van der Waals surface area (Å²) in [6.45, 7) is 7.43. The number of rotatable bonds is 5. The average molecular weight is 228 g/mol. The number of hydrogen-bond donors (Lipinski definition) is 1. The van der Waals surface area contributed by atoms with Gasteiger partial charge in [-0.05, 0) is 27.2 Å². The van der Waals surface area contributed by atoms with Crippen LogP contribution in [0.25, 0.3) is 0 Å². The topological polar surface area (TPSA) is 58.6 Å². The van der Waals surface area contributed by atoms with E-state index in [1.54, 1.807) is 18.7 Å². The third kappa shape index (κ3) is 3.20. The van der Waals surface area contributed by atoms with E-state index in [4.69, 9.17) is 4.74 Å². The average Bonchev–Trinajstić information content (AvgIpc) is 2.19. The lowest BCUT2D eigenvalue weighted by Crippen LogP contribution is -2.63. The molecule has 5 heteroatoms. The lowest BCUT2D eigenvalue weighted by atomic mass is 10.0. The Bertz CT molecular complexity index is 276. The lowest BCUT2D eigenvalue weighted by Gasteiger charge is -2.37. The van der Waals surface area contributed by atoms with E-state index in [-0.39, 0.29) is 18.4 Å². The van der Waals surface area contributed by atoms with Crippen LogP contribution in [0, 0.1) is 0 Å². The maximum absolute atomic E-state index is 11.9. The van der Waals surface area contributed by atoms with Gasteiger partial charge in [0.15, 0.2) is 0 Å². The largest absolute Gasteiger partial charge is 0.382 e. The number of piperazine rings is 1. The Labute approximate surface area is 96.1 Å². The zero-order valence-electron chi connectivity index (χ0n) is 10.2. The molecule has 0 spiro atoms. The highest BCUT2D eigenvalue weighted by atomic mass is 16.5. The third-order valence-corrected chi connectivity index (χ3v) is 2.53. The molecule has 0 saturated carbocycles. The first kappa shape index (κ1) is 13.0. The van der Waals surface area contributed by atoms with Crippen molar-refractivity contribution < 1.29 is 14.3 Å².